The second kappa shape index (κ2) is 5.37. The van der Waals surface area contributed by atoms with Crippen molar-refractivity contribution in [2.45, 2.75) is 11.8 Å². The maximum atomic E-state index is 6.30. The molecular formula is C11H8Cl3NS. The summed E-state index contributed by atoms with van der Waals surface area (Å²) in [7, 11) is 0. The quantitative estimate of drug-likeness (QED) is 0.728. The highest BCUT2D eigenvalue weighted by Crippen LogP contribution is 2.38. The van der Waals surface area contributed by atoms with E-state index >= 15 is 0 Å². The molecule has 1 nitrogen and oxygen atoms in total. The summed E-state index contributed by atoms with van der Waals surface area (Å²) in [4.78, 5) is 3.96. The molecular weight excluding hydrogens is 285 g/mol. The van der Waals surface area contributed by atoms with Gasteiger partial charge in [-0.05, 0) is 30.2 Å². The highest BCUT2D eigenvalue weighted by molar-refractivity contribution is 7.20. The first-order valence-electron chi connectivity index (χ1n) is 4.64. The third kappa shape index (κ3) is 2.89. The van der Waals surface area contributed by atoms with Crippen LogP contribution < -0.4 is 0 Å². The minimum atomic E-state index is -0.154. The molecule has 0 aliphatic carbocycles. The van der Waals surface area contributed by atoms with Crippen LogP contribution in [0, 0.1) is 0 Å². The summed E-state index contributed by atoms with van der Waals surface area (Å²) in [5, 5.41) is -0.154. The Morgan fingerprint density at radius 3 is 2.50 bits per heavy atom. The molecule has 0 N–H and O–H groups in total. The van der Waals surface area contributed by atoms with E-state index in [-0.39, 0.29) is 5.38 Å². The summed E-state index contributed by atoms with van der Waals surface area (Å²) in [6.07, 6.45) is 4.22. The van der Waals surface area contributed by atoms with Gasteiger partial charge in [-0.25, -0.2) is 0 Å². The van der Waals surface area contributed by atoms with Crippen LogP contribution in [0.2, 0.25) is 8.67 Å². The fourth-order valence-corrected chi connectivity index (χ4v) is 3.45. The number of thiophene rings is 1. The Morgan fingerprint density at radius 2 is 1.94 bits per heavy atom. The minimum absolute atomic E-state index is 0.154. The molecule has 0 radical (unpaired) electrons. The molecule has 0 fully saturated rings. The van der Waals surface area contributed by atoms with Crippen LogP contribution in [0.25, 0.3) is 0 Å². The smallest absolute Gasteiger partial charge is 0.0991 e. The Kier molecular flexibility index (Phi) is 4.09. The maximum absolute atomic E-state index is 6.30. The van der Waals surface area contributed by atoms with Gasteiger partial charge in [0.25, 0.3) is 0 Å². The fourth-order valence-electron chi connectivity index (χ4n) is 1.40. The summed E-state index contributed by atoms with van der Waals surface area (Å²) < 4.78 is 1.33. The number of hydrogen-bond donors (Lipinski definition) is 0. The lowest BCUT2D eigenvalue weighted by Gasteiger charge is -2.07. The van der Waals surface area contributed by atoms with E-state index in [2.05, 4.69) is 4.98 Å². The monoisotopic (exact) mass is 291 g/mol. The van der Waals surface area contributed by atoms with Gasteiger partial charge in [0.05, 0.1) is 14.0 Å². The van der Waals surface area contributed by atoms with Crippen molar-refractivity contribution >= 4 is 46.1 Å². The number of halogens is 3. The third-order valence-electron chi connectivity index (χ3n) is 2.18. The van der Waals surface area contributed by atoms with Crippen LogP contribution in [0.15, 0.2) is 30.6 Å². The van der Waals surface area contributed by atoms with Crippen molar-refractivity contribution in [2.75, 3.05) is 0 Å². The zero-order valence-electron chi connectivity index (χ0n) is 8.16. The van der Waals surface area contributed by atoms with E-state index in [1.807, 2.05) is 18.2 Å². The zero-order chi connectivity index (χ0) is 11.5. The largest absolute Gasteiger partial charge is 0.265 e. The van der Waals surface area contributed by atoms with Crippen LogP contribution in [0.3, 0.4) is 0 Å². The van der Waals surface area contributed by atoms with Gasteiger partial charge in [0.15, 0.2) is 0 Å². The topological polar surface area (TPSA) is 12.9 Å². The van der Waals surface area contributed by atoms with Crippen LogP contribution >= 0.6 is 46.1 Å². The lowest BCUT2D eigenvalue weighted by atomic mass is 10.1. The standard InChI is InChI=1S/C11H8Cl3NS/c12-9(5-7-1-3-15-4-2-7)8-6-10(13)16-11(8)14/h1-4,6,9H,5H2. The number of hydrogen-bond acceptors (Lipinski definition) is 2. The van der Waals surface area contributed by atoms with Crippen molar-refractivity contribution in [3.63, 3.8) is 0 Å². The zero-order valence-corrected chi connectivity index (χ0v) is 11.2. The lowest BCUT2D eigenvalue weighted by molar-refractivity contribution is 0.921. The maximum Gasteiger partial charge on any atom is 0.0991 e. The van der Waals surface area contributed by atoms with Crippen LogP contribution in [0.4, 0.5) is 0 Å². The highest BCUT2D eigenvalue weighted by Gasteiger charge is 2.15. The second-order valence-electron chi connectivity index (χ2n) is 3.31. The molecule has 0 aliphatic rings. The van der Waals surface area contributed by atoms with Crippen molar-refractivity contribution in [1.82, 2.24) is 4.98 Å². The van der Waals surface area contributed by atoms with E-state index in [1.165, 1.54) is 11.3 Å². The molecule has 0 saturated carbocycles. The van der Waals surface area contributed by atoms with Gasteiger partial charge in [0, 0.05) is 18.0 Å². The Bertz CT molecular complexity index is 469. The summed E-state index contributed by atoms with van der Waals surface area (Å²) >= 11 is 19.6. The molecule has 2 aromatic heterocycles. The molecule has 0 spiro atoms. The average Bonchev–Trinajstić information content (AvgIpc) is 2.59. The predicted octanol–water partition coefficient (Wildman–Crippen LogP) is 4.97. The van der Waals surface area contributed by atoms with E-state index in [0.717, 1.165) is 17.5 Å². The van der Waals surface area contributed by atoms with Gasteiger partial charge in [0.2, 0.25) is 0 Å². The number of alkyl halides is 1. The summed E-state index contributed by atoms with van der Waals surface area (Å²) in [5.74, 6) is 0. The first-order chi connectivity index (χ1) is 7.66. The van der Waals surface area contributed by atoms with Crippen LogP contribution in [-0.2, 0) is 6.42 Å². The first-order valence-corrected chi connectivity index (χ1v) is 6.65. The van der Waals surface area contributed by atoms with Crippen molar-refractivity contribution in [2.24, 2.45) is 0 Å². The normalized spacial score (nSPS) is 12.7. The summed E-state index contributed by atoms with van der Waals surface area (Å²) in [6, 6.07) is 5.71. The molecule has 16 heavy (non-hydrogen) atoms. The highest BCUT2D eigenvalue weighted by atomic mass is 35.5. The third-order valence-corrected chi connectivity index (χ3v) is 4.09. The van der Waals surface area contributed by atoms with Gasteiger partial charge in [-0.2, -0.15) is 0 Å². The molecule has 84 valence electrons. The molecule has 0 aliphatic heterocycles. The summed E-state index contributed by atoms with van der Waals surface area (Å²) in [5.41, 5.74) is 2.03. The van der Waals surface area contributed by atoms with Crippen LogP contribution in [0.5, 0.6) is 0 Å². The van der Waals surface area contributed by atoms with E-state index in [1.54, 1.807) is 12.4 Å². The van der Waals surface area contributed by atoms with Gasteiger partial charge < -0.3 is 0 Å². The molecule has 1 unspecified atom stereocenters. The number of aromatic nitrogens is 1. The molecule has 5 heteroatoms. The molecule has 2 aromatic rings. The fraction of sp³-hybridized carbons (Fsp3) is 0.182. The lowest BCUT2D eigenvalue weighted by Crippen LogP contribution is -1.94. The molecule has 0 bridgehead atoms. The van der Waals surface area contributed by atoms with Crippen molar-refractivity contribution < 1.29 is 0 Å². The number of nitrogens with zero attached hydrogens (tertiary/aromatic N) is 1. The minimum Gasteiger partial charge on any atom is -0.265 e. The van der Waals surface area contributed by atoms with E-state index in [9.17, 15) is 0 Å². The average molecular weight is 293 g/mol. The van der Waals surface area contributed by atoms with E-state index < -0.39 is 0 Å². The van der Waals surface area contributed by atoms with Crippen LogP contribution in [-0.4, -0.2) is 4.98 Å². The molecule has 2 heterocycles. The Labute approximate surface area is 113 Å². The van der Waals surface area contributed by atoms with Gasteiger partial charge in [-0.3, -0.25) is 4.98 Å². The second-order valence-corrected chi connectivity index (χ2v) is 6.12. The number of rotatable bonds is 3. The molecule has 0 aromatic carbocycles. The molecule has 1 atom stereocenters. The van der Waals surface area contributed by atoms with E-state index in [4.69, 9.17) is 34.8 Å². The van der Waals surface area contributed by atoms with Crippen molar-refractivity contribution in [3.8, 4) is 0 Å². The van der Waals surface area contributed by atoms with E-state index in [0.29, 0.717) is 8.67 Å². The Hall–Kier alpha value is -0.280. The van der Waals surface area contributed by atoms with Crippen molar-refractivity contribution in [1.29, 1.82) is 0 Å². The van der Waals surface area contributed by atoms with Crippen molar-refractivity contribution in [3.05, 3.63) is 50.4 Å². The predicted molar refractivity (Wildman–Crippen MR) is 70.9 cm³/mol. The SMILES string of the molecule is Clc1cc(C(Cl)Cc2ccncc2)c(Cl)s1. The molecule has 0 saturated heterocycles. The van der Waals surface area contributed by atoms with Gasteiger partial charge in [-0.1, -0.05) is 23.2 Å². The summed E-state index contributed by atoms with van der Waals surface area (Å²) in [6.45, 7) is 0. The molecule has 0 amide bonds. The van der Waals surface area contributed by atoms with Gasteiger partial charge in [0.1, 0.15) is 0 Å². The van der Waals surface area contributed by atoms with Crippen LogP contribution in [0.1, 0.15) is 16.5 Å². The Morgan fingerprint density at radius 1 is 1.25 bits per heavy atom. The number of pyridine rings is 1. The Balaban J connectivity index is 2.14. The van der Waals surface area contributed by atoms with Gasteiger partial charge >= 0.3 is 0 Å². The molecule has 2 rings (SSSR count). The van der Waals surface area contributed by atoms with Gasteiger partial charge in [-0.15, -0.1) is 22.9 Å². The first kappa shape index (κ1) is 12.2.